The van der Waals surface area contributed by atoms with Gasteiger partial charge in [-0.2, -0.15) is 0 Å². The normalized spacial score (nSPS) is 14.0. The van der Waals surface area contributed by atoms with E-state index in [1.807, 2.05) is 0 Å². The second-order valence-electron chi connectivity index (χ2n) is 19.5. The van der Waals surface area contributed by atoms with E-state index >= 15 is 0 Å². The van der Waals surface area contributed by atoms with Crippen LogP contribution in [0.5, 0.6) is 0 Å². The first kappa shape index (κ1) is 42.0. The molecule has 1 aromatic heterocycles. The molecule has 0 bridgehead atoms. The quantitative estimate of drug-likeness (QED) is 0.151. The molecule has 0 N–H and O–H groups in total. The van der Waals surface area contributed by atoms with Gasteiger partial charge in [0.15, 0.2) is 0 Å². The molecule has 13 aromatic rings. The van der Waals surface area contributed by atoms with E-state index < -0.39 is 5.41 Å². The molecule has 1 spiro atoms. The number of anilines is 6. The lowest BCUT2D eigenvalue weighted by atomic mass is 9.70. The summed E-state index contributed by atoms with van der Waals surface area (Å²) in [6.45, 7) is 0. The average molecular weight is 943 g/mol. The minimum Gasteiger partial charge on any atom is -0.456 e. The van der Waals surface area contributed by atoms with E-state index in [0.717, 1.165) is 61.6 Å². The van der Waals surface area contributed by atoms with Crippen molar-refractivity contribution in [2.75, 3.05) is 9.80 Å². The molecule has 0 aliphatic heterocycles. The van der Waals surface area contributed by atoms with Crippen molar-refractivity contribution >= 4 is 66.8 Å². The summed E-state index contributed by atoms with van der Waals surface area (Å²) >= 11 is 0. The summed E-state index contributed by atoms with van der Waals surface area (Å²) in [5.41, 5.74) is 22.4. The molecule has 3 heteroatoms. The van der Waals surface area contributed by atoms with Crippen LogP contribution >= 0.6 is 0 Å². The number of benzene rings is 12. The number of hydrogen-bond acceptors (Lipinski definition) is 3. The van der Waals surface area contributed by atoms with Crippen molar-refractivity contribution in [3.05, 3.63) is 301 Å². The standard InChI is InChI=1S/C71H46N2O/c1-4-19-47(20-5-1)48-35-38-52(39-36-48)72(51-24-8-3-9-25-51)53-40-42-58-56-27-12-15-30-61(56)71(63(58)45-53)62-31-16-13-28-57(62)59-43-41-54(46-64(59)71)73(65-32-18-34-68-70(65)60-29-14-17-33-67(60)74-68)66-44-37-49-21-10-11-26-55(49)69(66)50-22-6-2-7-23-50/h1-46H. The van der Waals surface area contributed by atoms with Crippen LogP contribution in [0.2, 0.25) is 0 Å². The summed E-state index contributed by atoms with van der Waals surface area (Å²) in [5.74, 6) is 0. The van der Waals surface area contributed by atoms with Crippen LogP contribution in [0.15, 0.2) is 283 Å². The molecule has 2 aliphatic carbocycles. The maximum atomic E-state index is 6.66. The number of hydrogen-bond donors (Lipinski definition) is 0. The van der Waals surface area contributed by atoms with Crippen LogP contribution in [-0.2, 0) is 5.41 Å². The van der Waals surface area contributed by atoms with Crippen molar-refractivity contribution in [2.24, 2.45) is 0 Å². The number of furan rings is 1. The number of para-hydroxylation sites is 2. The van der Waals surface area contributed by atoms with E-state index in [-0.39, 0.29) is 0 Å². The molecule has 0 radical (unpaired) electrons. The molecular formula is C71H46N2O. The fraction of sp³-hybridized carbons (Fsp3) is 0.0141. The zero-order valence-electron chi connectivity index (χ0n) is 40.4. The van der Waals surface area contributed by atoms with E-state index in [9.17, 15) is 0 Å². The first-order valence-corrected chi connectivity index (χ1v) is 25.5. The van der Waals surface area contributed by atoms with Crippen molar-refractivity contribution in [3.8, 4) is 44.5 Å². The number of rotatable bonds is 8. The predicted molar refractivity (Wildman–Crippen MR) is 308 cm³/mol. The molecule has 12 aromatic carbocycles. The van der Waals surface area contributed by atoms with Crippen LogP contribution in [-0.4, -0.2) is 0 Å². The van der Waals surface area contributed by atoms with Gasteiger partial charge >= 0.3 is 0 Å². The number of nitrogens with zero attached hydrogens (tertiary/aromatic N) is 2. The van der Waals surface area contributed by atoms with Crippen LogP contribution in [0.4, 0.5) is 34.1 Å². The van der Waals surface area contributed by atoms with Gasteiger partial charge in [-0.1, -0.05) is 206 Å². The monoisotopic (exact) mass is 942 g/mol. The largest absolute Gasteiger partial charge is 0.456 e. The van der Waals surface area contributed by atoms with Crippen molar-refractivity contribution in [1.29, 1.82) is 0 Å². The summed E-state index contributed by atoms with van der Waals surface area (Å²) in [6.07, 6.45) is 0. The fourth-order valence-corrected chi connectivity index (χ4v) is 12.6. The van der Waals surface area contributed by atoms with Gasteiger partial charge < -0.3 is 14.2 Å². The Balaban J connectivity index is 1.000. The Kier molecular flexibility index (Phi) is 9.48. The summed E-state index contributed by atoms with van der Waals surface area (Å²) in [5, 5.41) is 4.54. The molecular weight excluding hydrogens is 897 g/mol. The molecule has 3 nitrogen and oxygen atoms in total. The highest BCUT2D eigenvalue weighted by molar-refractivity contribution is 6.15. The van der Waals surface area contributed by atoms with Crippen molar-refractivity contribution < 1.29 is 4.42 Å². The highest BCUT2D eigenvalue weighted by Crippen LogP contribution is 2.64. The summed E-state index contributed by atoms with van der Waals surface area (Å²) in [7, 11) is 0. The fourth-order valence-electron chi connectivity index (χ4n) is 12.6. The van der Waals surface area contributed by atoms with E-state index in [2.05, 4.69) is 289 Å². The number of fused-ring (bicyclic) bond motifs is 14. The smallest absolute Gasteiger partial charge is 0.137 e. The maximum absolute atomic E-state index is 6.66. The highest BCUT2D eigenvalue weighted by Gasteiger charge is 2.52. The van der Waals surface area contributed by atoms with E-state index in [4.69, 9.17) is 4.42 Å². The molecule has 1 atom stereocenters. The Hall–Kier alpha value is -9.70. The highest BCUT2D eigenvalue weighted by atomic mass is 16.3. The van der Waals surface area contributed by atoms with Gasteiger partial charge in [-0.3, -0.25) is 0 Å². The molecule has 0 saturated carbocycles. The maximum Gasteiger partial charge on any atom is 0.137 e. The third-order valence-corrected chi connectivity index (χ3v) is 15.7. The molecule has 2 aliphatic rings. The molecule has 1 heterocycles. The first-order chi connectivity index (χ1) is 36.7. The summed E-state index contributed by atoms with van der Waals surface area (Å²) in [4.78, 5) is 4.91. The zero-order valence-corrected chi connectivity index (χ0v) is 40.4. The lowest BCUT2D eigenvalue weighted by Gasteiger charge is -2.34. The predicted octanol–water partition coefficient (Wildman–Crippen LogP) is 19.4. The molecule has 346 valence electrons. The van der Waals surface area contributed by atoms with Gasteiger partial charge in [0.25, 0.3) is 0 Å². The minimum absolute atomic E-state index is 0.644. The van der Waals surface area contributed by atoms with Crippen molar-refractivity contribution in [2.45, 2.75) is 5.41 Å². The van der Waals surface area contributed by atoms with Crippen LogP contribution < -0.4 is 9.80 Å². The van der Waals surface area contributed by atoms with E-state index in [1.165, 1.54) is 72.0 Å². The third-order valence-electron chi connectivity index (χ3n) is 15.7. The van der Waals surface area contributed by atoms with Crippen LogP contribution in [0.1, 0.15) is 22.3 Å². The van der Waals surface area contributed by atoms with Crippen LogP contribution in [0, 0.1) is 0 Å². The second-order valence-corrected chi connectivity index (χ2v) is 19.5. The molecule has 0 amide bonds. The summed E-state index contributed by atoms with van der Waals surface area (Å²) < 4.78 is 6.66. The van der Waals surface area contributed by atoms with Crippen LogP contribution in [0.25, 0.3) is 77.2 Å². The Morgan fingerprint density at radius 1 is 0.284 bits per heavy atom. The van der Waals surface area contributed by atoms with Gasteiger partial charge in [0.2, 0.25) is 0 Å². The topological polar surface area (TPSA) is 19.6 Å². The van der Waals surface area contributed by atoms with Crippen molar-refractivity contribution in [1.82, 2.24) is 0 Å². The minimum atomic E-state index is -0.644. The SMILES string of the molecule is c1ccc(-c2ccc(N(c3ccccc3)c3ccc4c(c3)C3(c5ccccc5-4)c4ccccc4-c4ccc(N(c5ccc6ccccc6c5-c5ccccc5)c5cccc6oc7ccccc7c56)cc43)cc2)cc1. The Morgan fingerprint density at radius 2 is 0.784 bits per heavy atom. The van der Waals surface area contributed by atoms with Crippen molar-refractivity contribution in [3.63, 3.8) is 0 Å². The first-order valence-electron chi connectivity index (χ1n) is 25.5. The van der Waals surface area contributed by atoms with E-state index in [1.54, 1.807) is 0 Å². The van der Waals surface area contributed by atoms with Gasteiger partial charge in [-0.15, -0.1) is 0 Å². The molecule has 0 saturated heterocycles. The third kappa shape index (κ3) is 6.27. The average Bonchev–Trinajstić information content (AvgIpc) is 4.25. The Bertz CT molecular complexity index is 4300. The Labute approximate surface area is 430 Å². The van der Waals surface area contributed by atoms with Gasteiger partial charge in [0, 0.05) is 33.7 Å². The van der Waals surface area contributed by atoms with Gasteiger partial charge in [-0.25, -0.2) is 0 Å². The molecule has 1 unspecified atom stereocenters. The van der Waals surface area contributed by atoms with Gasteiger partial charge in [-0.05, 0) is 145 Å². The molecule has 0 fully saturated rings. The lowest BCUT2D eigenvalue weighted by Crippen LogP contribution is -2.26. The Morgan fingerprint density at radius 3 is 1.47 bits per heavy atom. The van der Waals surface area contributed by atoms with Gasteiger partial charge in [0.05, 0.1) is 22.2 Å². The molecule has 74 heavy (non-hydrogen) atoms. The second kappa shape index (κ2) is 16.7. The van der Waals surface area contributed by atoms with Crippen LogP contribution in [0.3, 0.4) is 0 Å². The lowest BCUT2D eigenvalue weighted by molar-refractivity contribution is 0.669. The zero-order chi connectivity index (χ0) is 48.7. The summed E-state index contributed by atoms with van der Waals surface area (Å²) in [6, 6.07) is 102. The van der Waals surface area contributed by atoms with Gasteiger partial charge in [0.1, 0.15) is 11.2 Å². The van der Waals surface area contributed by atoms with E-state index in [0.29, 0.717) is 0 Å². The molecule has 15 rings (SSSR count).